The molecule has 6 heteroatoms. The SMILES string of the molecule is O=C1C(O)=C(c2cccs2)C(=O)N1CCc1ccc(F)cc1. The van der Waals surface area contributed by atoms with Gasteiger partial charge in [-0.3, -0.25) is 14.5 Å². The number of carbonyl (C=O) groups is 2. The Morgan fingerprint density at radius 1 is 1.09 bits per heavy atom. The van der Waals surface area contributed by atoms with E-state index in [1.165, 1.54) is 23.5 Å². The molecular formula is C16H12FNO3S. The summed E-state index contributed by atoms with van der Waals surface area (Å²) in [6.45, 7) is 0.141. The highest BCUT2D eigenvalue weighted by molar-refractivity contribution is 7.11. The van der Waals surface area contributed by atoms with E-state index in [0.29, 0.717) is 11.3 Å². The van der Waals surface area contributed by atoms with Crippen LogP contribution in [-0.2, 0) is 16.0 Å². The molecule has 0 saturated carbocycles. The Hall–Kier alpha value is -2.47. The number of benzene rings is 1. The fourth-order valence-electron chi connectivity index (χ4n) is 2.30. The van der Waals surface area contributed by atoms with Gasteiger partial charge in [-0.15, -0.1) is 11.3 Å². The van der Waals surface area contributed by atoms with Crippen molar-refractivity contribution in [3.63, 3.8) is 0 Å². The lowest BCUT2D eigenvalue weighted by Crippen LogP contribution is -2.33. The Balaban J connectivity index is 1.75. The zero-order valence-electron chi connectivity index (χ0n) is 11.5. The van der Waals surface area contributed by atoms with Crippen molar-refractivity contribution in [1.29, 1.82) is 0 Å². The van der Waals surface area contributed by atoms with Gasteiger partial charge in [0, 0.05) is 11.4 Å². The second-order valence-electron chi connectivity index (χ2n) is 4.84. The lowest BCUT2D eigenvalue weighted by atomic mass is 10.1. The van der Waals surface area contributed by atoms with Crippen molar-refractivity contribution in [1.82, 2.24) is 4.90 Å². The normalized spacial score (nSPS) is 15.0. The first-order valence-corrected chi connectivity index (χ1v) is 7.53. The summed E-state index contributed by atoms with van der Waals surface area (Å²) in [5.74, 6) is -2.02. The highest BCUT2D eigenvalue weighted by Gasteiger charge is 2.39. The summed E-state index contributed by atoms with van der Waals surface area (Å²) in [7, 11) is 0. The van der Waals surface area contributed by atoms with E-state index < -0.39 is 17.6 Å². The molecule has 1 aromatic heterocycles. The molecule has 3 rings (SSSR count). The molecular weight excluding hydrogens is 305 g/mol. The fourth-order valence-corrected chi connectivity index (χ4v) is 3.06. The molecule has 0 atom stereocenters. The Labute approximate surface area is 130 Å². The van der Waals surface area contributed by atoms with Crippen LogP contribution in [0.4, 0.5) is 4.39 Å². The van der Waals surface area contributed by atoms with Crippen LogP contribution in [-0.4, -0.2) is 28.4 Å². The van der Waals surface area contributed by atoms with Crippen molar-refractivity contribution in [2.45, 2.75) is 6.42 Å². The lowest BCUT2D eigenvalue weighted by Gasteiger charge is -2.14. The van der Waals surface area contributed by atoms with Gasteiger partial charge in [-0.2, -0.15) is 0 Å². The smallest absolute Gasteiger partial charge is 0.296 e. The van der Waals surface area contributed by atoms with Crippen molar-refractivity contribution in [2.24, 2.45) is 0 Å². The molecule has 0 spiro atoms. The van der Waals surface area contributed by atoms with E-state index in [0.717, 1.165) is 10.5 Å². The molecule has 1 aliphatic rings. The average molecular weight is 317 g/mol. The minimum absolute atomic E-state index is 0.0547. The number of carbonyl (C=O) groups excluding carboxylic acids is 2. The summed E-state index contributed by atoms with van der Waals surface area (Å²) < 4.78 is 12.9. The predicted octanol–water partition coefficient (Wildman–Crippen LogP) is 2.77. The molecule has 0 fully saturated rings. The van der Waals surface area contributed by atoms with Gasteiger partial charge in [0.2, 0.25) is 0 Å². The summed E-state index contributed by atoms with van der Waals surface area (Å²) in [6, 6.07) is 9.30. The van der Waals surface area contributed by atoms with Gasteiger partial charge in [-0.25, -0.2) is 4.39 Å². The van der Waals surface area contributed by atoms with Crippen LogP contribution in [0.1, 0.15) is 10.4 Å². The Bertz CT molecular complexity index is 750. The highest BCUT2D eigenvalue weighted by Crippen LogP contribution is 2.30. The molecule has 1 aliphatic heterocycles. The lowest BCUT2D eigenvalue weighted by molar-refractivity contribution is -0.138. The van der Waals surface area contributed by atoms with E-state index in [2.05, 4.69) is 0 Å². The number of aliphatic hydroxyl groups is 1. The largest absolute Gasteiger partial charge is 0.502 e. The molecule has 2 aromatic rings. The number of rotatable bonds is 4. The third-order valence-corrected chi connectivity index (χ3v) is 4.34. The number of thiophene rings is 1. The van der Waals surface area contributed by atoms with Crippen molar-refractivity contribution in [3.05, 3.63) is 63.8 Å². The predicted molar refractivity (Wildman–Crippen MR) is 80.7 cm³/mol. The first-order valence-electron chi connectivity index (χ1n) is 6.65. The van der Waals surface area contributed by atoms with Crippen LogP contribution in [0.15, 0.2) is 47.5 Å². The van der Waals surface area contributed by atoms with Crippen LogP contribution in [0, 0.1) is 5.82 Å². The maximum Gasteiger partial charge on any atom is 0.296 e. The first-order chi connectivity index (χ1) is 10.6. The topological polar surface area (TPSA) is 57.6 Å². The number of halogens is 1. The molecule has 112 valence electrons. The number of nitrogens with zero attached hydrogens (tertiary/aromatic N) is 1. The zero-order chi connectivity index (χ0) is 15.7. The third kappa shape index (κ3) is 2.53. The molecule has 2 amide bonds. The van der Waals surface area contributed by atoms with Crippen LogP contribution in [0.25, 0.3) is 5.57 Å². The standard InChI is InChI=1S/C16H12FNO3S/c17-11-5-3-10(4-6-11)7-8-18-15(20)13(14(19)16(18)21)12-2-1-9-22-12/h1-6,9,19H,7-8H2. The van der Waals surface area contributed by atoms with E-state index in [4.69, 9.17) is 0 Å². The summed E-state index contributed by atoms with van der Waals surface area (Å²) in [5.41, 5.74) is 0.866. The van der Waals surface area contributed by atoms with Crippen molar-refractivity contribution in [2.75, 3.05) is 6.54 Å². The zero-order valence-corrected chi connectivity index (χ0v) is 12.3. The molecule has 1 N–H and O–H groups in total. The van der Waals surface area contributed by atoms with Crippen LogP contribution in [0.2, 0.25) is 0 Å². The molecule has 4 nitrogen and oxygen atoms in total. The molecule has 0 unspecified atom stereocenters. The number of amides is 2. The van der Waals surface area contributed by atoms with E-state index >= 15 is 0 Å². The van der Waals surface area contributed by atoms with Gasteiger partial charge in [-0.05, 0) is 35.6 Å². The Morgan fingerprint density at radius 3 is 2.45 bits per heavy atom. The molecule has 0 bridgehead atoms. The van der Waals surface area contributed by atoms with Gasteiger partial charge in [-0.1, -0.05) is 18.2 Å². The van der Waals surface area contributed by atoms with Gasteiger partial charge in [0.15, 0.2) is 5.76 Å². The maximum absolute atomic E-state index is 12.9. The minimum atomic E-state index is -0.685. The second-order valence-corrected chi connectivity index (χ2v) is 5.79. The monoisotopic (exact) mass is 317 g/mol. The summed E-state index contributed by atoms with van der Waals surface area (Å²) in [6.07, 6.45) is 0.406. The fraction of sp³-hybridized carbons (Fsp3) is 0.125. The van der Waals surface area contributed by atoms with E-state index in [-0.39, 0.29) is 17.9 Å². The summed E-state index contributed by atoms with van der Waals surface area (Å²) >= 11 is 1.29. The van der Waals surface area contributed by atoms with Crippen molar-refractivity contribution >= 4 is 28.7 Å². The van der Waals surface area contributed by atoms with Crippen LogP contribution in [0.3, 0.4) is 0 Å². The molecule has 1 aromatic carbocycles. The highest BCUT2D eigenvalue weighted by atomic mass is 32.1. The van der Waals surface area contributed by atoms with E-state index in [1.54, 1.807) is 29.6 Å². The maximum atomic E-state index is 12.9. The molecule has 0 radical (unpaired) electrons. The summed E-state index contributed by atoms with van der Waals surface area (Å²) in [5, 5.41) is 11.7. The Kier molecular flexibility index (Phi) is 3.77. The number of hydrogen-bond acceptors (Lipinski definition) is 4. The van der Waals surface area contributed by atoms with E-state index in [1.807, 2.05) is 0 Å². The quantitative estimate of drug-likeness (QED) is 0.882. The number of aliphatic hydroxyl groups excluding tert-OH is 1. The van der Waals surface area contributed by atoms with E-state index in [9.17, 15) is 19.1 Å². The van der Waals surface area contributed by atoms with Gasteiger partial charge in [0.25, 0.3) is 11.8 Å². The average Bonchev–Trinajstić information content (AvgIpc) is 3.09. The minimum Gasteiger partial charge on any atom is -0.502 e. The van der Waals surface area contributed by atoms with Gasteiger partial charge < -0.3 is 5.11 Å². The van der Waals surface area contributed by atoms with Crippen LogP contribution in [0.5, 0.6) is 0 Å². The van der Waals surface area contributed by atoms with Crippen LogP contribution < -0.4 is 0 Å². The Morgan fingerprint density at radius 2 is 1.82 bits per heavy atom. The van der Waals surface area contributed by atoms with Crippen LogP contribution >= 0.6 is 11.3 Å². The van der Waals surface area contributed by atoms with Gasteiger partial charge in [0.1, 0.15) is 11.4 Å². The number of hydrogen-bond donors (Lipinski definition) is 1. The molecule has 2 heterocycles. The first kappa shape index (κ1) is 14.5. The summed E-state index contributed by atoms with van der Waals surface area (Å²) in [4.78, 5) is 26.0. The van der Waals surface area contributed by atoms with Crippen molar-refractivity contribution in [3.8, 4) is 0 Å². The van der Waals surface area contributed by atoms with Gasteiger partial charge >= 0.3 is 0 Å². The molecule has 0 saturated heterocycles. The third-order valence-electron chi connectivity index (χ3n) is 3.45. The number of imide groups is 1. The van der Waals surface area contributed by atoms with Gasteiger partial charge in [0.05, 0.1) is 0 Å². The van der Waals surface area contributed by atoms with Crippen molar-refractivity contribution < 1.29 is 19.1 Å². The molecule has 22 heavy (non-hydrogen) atoms. The second kappa shape index (κ2) is 5.73. The molecule has 0 aliphatic carbocycles.